The standard InChI is InChI=1S/C60H96N14O17S2/c1-9-30(4)45(69-44(78)26-63-50(80)36(61)28-92)55(85)66-38(25-35-17-13-12-14-18-35)51(81)72-48(34(8)76)57(87)64-33(7)49(79)67-39(27-75)52(82)71-47(32(6)11-3)59(89)74-24-16-20-42(74)58(88)73-23-15-19-41(73)54(84)70-46(31(5)10-2)56(86)68-40(29-93)53(83)65-37(60(90)91)21-22-43(62)77/h12-14,17-18,30-34,36-42,45-48,75-76,92-93H,9-11,15-16,19-29,61H2,1-8H3,(H2,62,77)(H,63,80)(H,64,87)(H,65,83)(H,66,85)(H,67,79)(H,68,86)(H,69,78)(H,70,84)(H,71,82)(H,72,81)(H,90,91)/t30-,31-,32-,33-,34+,36-,37-,38-,39-,40-,41-,42-,45-,46-,47-,48-/m0/s1. The number of thiol groups is 2. The molecule has 0 unspecified atom stereocenters. The van der Waals surface area contributed by atoms with E-state index in [1.54, 1.807) is 71.9 Å². The summed E-state index contributed by atoms with van der Waals surface area (Å²) in [5.41, 5.74) is 11.4. The molecule has 1 aromatic carbocycles. The molecule has 2 saturated heterocycles. The van der Waals surface area contributed by atoms with Crippen LogP contribution in [0.5, 0.6) is 0 Å². The molecule has 1 aromatic rings. The fourth-order valence-electron chi connectivity index (χ4n) is 10.3. The van der Waals surface area contributed by atoms with Crippen LogP contribution in [0.4, 0.5) is 0 Å². The second-order valence-corrected chi connectivity index (χ2v) is 24.4. The number of carboxylic acids is 1. The lowest BCUT2D eigenvalue weighted by Crippen LogP contribution is -2.62. The third-order valence-electron chi connectivity index (χ3n) is 16.7. The Bertz CT molecular complexity index is 2790. The number of nitrogens with one attached hydrogen (secondary N) is 10. The predicted molar refractivity (Wildman–Crippen MR) is 345 cm³/mol. The molecule has 31 nitrogen and oxygen atoms in total. The quantitative estimate of drug-likeness (QED) is 0.0279. The van der Waals surface area contributed by atoms with Crippen LogP contribution in [0.1, 0.15) is 119 Å². The van der Waals surface area contributed by atoms with Gasteiger partial charge in [-0.05, 0) is 69.3 Å². The molecule has 2 aliphatic heterocycles. The Balaban J connectivity index is 1.74. The summed E-state index contributed by atoms with van der Waals surface area (Å²) < 4.78 is 0. The molecule has 0 bridgehead atoms. The summed E-state index contributed by atoms with van der Waals surface area (Å²) in [6, 6.07) is -7.71. The molecule has 0 radical (unpaired) electrons. The van der Waals surface area contributed by atoms with Crippen LogP contribution in [-0.2, 0) is 73.5 Å². The largest absolute Gasteiger partial charge is 0.480 e. The van der Waals surface area contributed by atoms with E-state index in [1.807, 2.05) is 0 Å². The van der Waals surface area contributed by atoms with Gasteiger partial charge in [0.1, 0.15) is 66.5 Å². The number of nitrogens with two attached hydrogens (primary N) is 2. The smallest absolute Gasteiger partial charge is 0.326 e. The highest BCUT2D eigenvalue weighted by Crippen LogP contribution is 2.27. The van der Waals surface area contributed by atoms with Gasteiger partial charge in [-0.1, -0.05) is 91.1 Å². The van der Waals surface area contributed by atoms with Gasteiger partial charge in [0.15, 0.2) is 0 Å². The maximum atomic E-state index is 14.6. The second kappa shape index (κ2) is 39.2. The summed E-state index contributed by atoms with van der Waals surface area (Å²) in [4.78, 5) is 191. The molecule has 2 fully saturated rings. The van der Waals surface area contributed by atoms with Gasteiger partial charge in [0.25, 0.3) is 0 Å². The molecule has 2 heterocycles. The monoisotopic (exact) mass is 1350 g/mol. The fraction of sp³-hybridized carbons (Fsp3) is 0.667. The van der Waals surface area contributed by atoms with E-state index in [4.69, 9.17) is 11.5 Å². The summed E-state index contributed by atoms with van der Waals surface area (Å²) >= 11 is 8.14. The molecular weight excluding hydrogens is 1250 g/mol. The number of hydrogen-bond donors (Lipinski definition) is 17. The molecule has 0 saturated carbocycles. The zero-order valence-corrected chi connectivity index (χ0v) is 55.7. The first-order valence-corrected chi connectivity index (χ1v) is 32.6. The van der Waals surface area contributed by atoms with Gasteiger partial charge in [-0.25, -0.2) is 4.79 Å². The van der Waals surface area contributed by atoms with Gasteiger partial charge in [0.05, 0.1) is 25.3 Å². The van der Waals surface area contributed by atoms with Crippen LogP contribution in [-0.4, -0.2) is 224 Å². The number of benzene rings is 1. The first kappa shape index (κ1) is 79.6. The lowest BCUT2D eigenvalue weighted by molar-refractivity contribution is -0.149. The molecule has 0 aliphatic carbocycles. The lowest BCUT2D eigenvalue weighted by Gasteiger charge is -2.35. The maximum Gasteiger partial charge on any atom is 0.326 e. The highest BCUT2D eigenvalue weighted by Gasteiger charge is 2.46. The summed E-state index contributed by atoms with van der Waals surface area (Å²) in [5, 5.41) is 55.8. The summed E-state index contributed by atoms with van der Waals surface area (Å²) in [6.45, 7) is 11.4. The van der Waals surface area contributed by atoms with Crippen LogP contribution in [0.3, 0.4) is 0 Å². The number of primary amides is 1. The molecule has 0 spiro atoms. The Morgan fingerprint density at radius 1 is 0.570 bits per heavy atom. The average Bonchev–Trinajstić information content (AvgIpc) is 1.74. The minimum Gasteiger partial charge on any atom is -0.480 e. The van der Waals surface area contributed by atoms with Crippen LogP contribution in [0.25, 0.3) is 0 Å². The Morgan fingerprint density at radius 2 is 1.06 bits per heavy atom. The minimum atomic E-state index is -1.75. The molecule has 33 heteroatoms. The van der Waals surface area contributed by atoms with E-state index in [0.717, 1.165) is 0 Å². The van der Waals surface area contributed by atoms with Crippen LogP contribution >= 0.6 is 25.3 Å². The van der Waals surface area contributed by atoms with Crippen molar-refractivity contribution in [3.8, 4) is 0 Å². The number of carboxylic acid groups (broad SMARTS) is 1. The third-order valence-corrected chi connectivity index (χ3v) is 17.4. The van der Waals surface area contributed by atoms with Crippen molar-refractivity contribution in [2.24, 2.45) is 29.2 Å². The molecular formula is C60H96N14O17S2. The van der Waals surface area contributed by atoms with Gasteiger partial charge in [-0.15, -0.1) is 0 Å². The zero-order valence-electron chi connectivity index (χ0n) is 53.9. The van der Waals surface area contributed by atoms with Crippen LogP contribution in [0.15, 0.2) is 30.3 Å². The van der Waals surface area contributed by atoms with Gasteiger partial charge < -0.3 is 89.8 Å². The maximum absolute atomic E-state index is 14.6. The Hall–Kier alpha value is -7.62. The van der Waals surface area contributed by atoms with Crippen LogP contribution < -0.4 is 64.6 Å². The lowest BCUT2D eigenvalue weighted by atomic mass is 9.96. The summed E-state index contributed by atoms with van der Waals surface area (Å²) in [6.07, 6.45) is -0.163. The van der Waals surface area contributed by atoms with E-state index in [2.05, 4.69) is 78.4 Å². The molecule has 16 atom stereocenters. The predicted octanol–water partition coefficient (Wildman–Crippen LogP) is -4.24. The Kier molecular flexibility index (Phi) is 33.5. The van der Waals surface area contributed by atoms with Gasteiger partial charge >= 0.3 is 5.97 Å². The normalized spacial score (nSPS) is 19.0. The topological polar surface area (TPSA) is 478 Å². The summed E-state index contributed by atoms with van der Waals surface area (Å²) in [5.74, 6) is -13.9. The number of aliphatic hydroxyl groups is 2. The first-order chi connectivity index (χ1) is 43.9. The number of carbonyl (C=O) groups excluding carboxylic acids is 13. The van der Waals surface area contributed by atoms with E-state index < -0.39 is 192 Å². The fourth-order valence-corrected chi connectivity index (χ4v) is 10.7. The van der Waals surface area contributed by atoms with Gasteiger partial charge in [-0.2, -0.15) is 25.3 Å². The van der Waals surface area contributed by atoms with E-state index in [0.29, 0.717) is 37.7 Å². The highest BCUT2D eigenvalue weighted by molar-refractivity contribution is 7.80. The Labute approximate surface area is 552 Å². The van der Waals surface area contributed by atoms with Gasteiger partial charge in [-0.3, -0.25) is 62.3 Å². The third kappa shape index (κ3) is 24.0. The SMILES string of the molecule is CC[C@H](C)[C@H](NC(=O)CNC(=O)[C@@H](N)CS)C(=O)N[C@@H](Cc1ccccc1)C(=O)N[C@H](C(=O)N[C@@H](C)C(=O)N[C@@H](CO)C(=O)N[C@H](C(=O)N1CCC[C@H]1C(=O)N1CCC[C@H]1C(=O)N[C@H](C(=O)N[C@@H](CS)C(=O)N[C@@H](CCC(N)=O)C(=O)O)[C@@H](C)CC)[C@@H](C)CC)[C@@H](C)O. The molecule has 0 aromatic heterocycles. The zero-order chi connectivity index (χ0) is 70.0. The van der Waals surface area contributed by atoms with Crippen molar-refractivity contribution >= 4 is 108 Å². The Morgan fingerprint density at radius 3 is 1.60 bits per heavy atom. The van der Waals surface area contributed by atoms with Crippen molar-refractivity contribution in [1.82, 2.24) is 63.0 Å². The first-order valence-electron chi connectivity index (χ1n) is 31.3. The van der Waals surface area contributed by atoms with Crippen molar-refractivity contribution < 1.29 is 82.4 Å². The molecule has 93 heavy (non-hydrogen) atoms. The van der Waals surface area contributed by atoms with Gasteiger partial charge in [0.2, 0.25) is 76.8 Å². The number of amides is 13. The number of carbonyl (C=O) groups is 14. The van der Waals surface area contributed by atoms with Crippen LogP contribution in [0.2, 0.25) is 0 Å². The number of likely N-dealkylation sites (tertiary alicyclic amines) is 2. The average molecular weight is 1350 g/mol. The van der Waals surface area contributed by atoms with E-state index in [1.165, 1.54) is 23.6 Å². The number of nitrogens with zero attached hydrogens (tertiary/aromatic N) is 2. The number of aliphatic carboxylic acids is 1. The number of rotatable bonds is 38. The van der Waals surface area contributed by atoms with Gasteiger partial charge in [0, 0.05) is 37.4 Å². The number of hydrogen-bond acceptors (Lipinski definition) is 19. The van der Waals surface area contributed by atoms with Crippen molar-refractivity contribution in [1.29, 1.82) is 0 Å². The molecule has 17 N–H and O–H groups in total. The van der Waals surface area contributed by atoms with Crippen molar-refractivity contribution in [3.05, 3.63) is 35.9 Å². The van der Waals surface area contributed by atoms with Crippen LogP contribution in [0, 0.1) is 17.8 Å². The second-order valence-electron chi connectivity index (χ2n) is 23.7. The summed E-state index contributed by atoms with van der Waals surface area (Å²) in [7, 11) is 0. The molecule has 520 valence electrons. The van der Waals surface area contributed by atoms with E-state index in [9.17, 15) is 82.4 Å². The van der Waals surface area contributed by atoms with Crippen molar-refractivity contribution in [3.63, 3.8) is 0 Å². The number of aliphatic hydroxyl groups excluding tert-OH is 2. The van der Waals surface area contributed by atoms with Crippen molar-refractivity contribution in [2.75, 3.05) is 37.7 Å². The minimum absolute atomic E-state index is 0.0144. The molecule has 3 rings (SSSR count). The highest BCUT2D eigenvalue weighted by atomic mass is 32.1. The molecule has 13 amide bonds. The van der Waals surface area contributed by atoms with E-state index in [-0.39, 0.29) is 56.7 Å². The molecule has 2 aliphatic rings. The van der Waals surface area contributed by atoms with E-state index >= 15 is 0 Å². The van der Waals surface area contributed by atoms with Crippen molar-refractivity contribution in [2.45, 2.75) is 198 Å².